The van der Waals surface area contributed by atoms with Gasteiger partial charge in [-0.1, -0.05) is 62.2 Å². The zero-order valence-electron chi connectivity index (χ0n) is 17.6. The highest BCUT2D eigenvalue weighted by atomic mass is 15.6. The normalized spacial score (nSPS) is 19.6. The van der Waals surface area contributed by atoms with Crippen molar-refractivity contribution in [2.75, 3.05) is 5.43 Å². The van der Waals surface area contributed by atoms with Gasteiger partial charge in [0.25, 0.3) is 0 Å². The largest absolute Gasteiger partial charge is 0.318 e. The number of pyridine rings is 1. The Bertz CT molecular complexity index is 1020. The first kappa shape index (κ1) is 19.1. The summed E-state index contributed by atoms with van der Waals surface area (Å²) in [4.78, 5) is 4.16. The van der Waals surface area contributed by atoms with E-state index in [0.29, 0.717) is 12.1 Å². The third kappa shape index (κ3) is 3.66. The van der Waals surface area contributed by atoms with E-state index in [0.717, 1.165) is 12.0 Å². The molecule has 1 unspecified atom stereocenters. The first-order chi connectivity index (χ1) is 14.8. The maximum absolute atomic E-state index is 4.16. The minimum Gasteiger partial charge on any atom is -0.318 e. The molecule has 3 aromatic rings. The number of aromatic nitrogens is 1. The van der Waals surface area contributed by atoms with Gasteiger partial charge < -0.3 is 5.43 Å². The van der Waals surface area contributed by atoms with Crippen LogP contribution < -0.4 is 5.43 Å². The predicted molar refractivity (Wildman–Crippen MR) is 125 cm³/mol. The smallest absolute Gasteiger partial charge is 0.0561 e. The molecule has 2 heterocycles. The molecule has 1 fully saturated rings. The SMILES string of the molecule is CCC1c2ccc(C(=Cc3ccncc3)c3ccccc3)cc2NN1C1CCCC1. The molecule has 0 spiro atoms. The van der Waals surface area contributed by atoms with Gasteiger partial charge in [0.05, 0.1) is 11.7 Å². The van der Waals surface area contributed by atoms with Crippen molar-refractivity contribution in [3.05, 3.63) is 95.3 Å². The molecule has 0 bridgehead atoms. The van der Waals surface area contributed by atoms with E-state index in [-0.39, 0.29) is 0 Å². The van der Waals surface area contributed by atoms with E-state index >= 15 is 0 Å². The molecule has 1 aliphatic carbocycles. The van der Waals surface area contributed by atoms with E-state index in [2.05, 4.69) is 89.1 Å². The van der Waals surface area contributed by atoms with E-state index < -0.39 is 0 Å². The maximum Gasteiger partial charge on any atom is 0.0561 e. The molecule has 0 saturated heterocycles. The fourth-order valence-corrected chi connectivity index (χ4v) is 5.00. The van der Waals surface area contributed by atoms with Gasteiger partial charge in [-0.3, -0.25) is 4.98 Å². The number of hydrazine groups is 1. The van der Waals surface area contributed by atoms with Crippen LogP contribution in [0, 0.1) is 0 Å². The summed E-state index contributed by atoms with van der Waals surface area (Å²) in [5.41, 5.74) is 11.4. The molecule has 30 heavy (non-hydrogen) atoms. The number of rotatable bonds is 5. The maximum atomic E-state index is 4.16. The number of hydrogen-bond acceptors (Lipinski definition) is 3. The molecular weight excluding hydrogens is 366 g/mol. The molecule has 3 heteroatoms. The molecule has 2 aliphatic rings. The lowest BCUT2D eigenvalue weighted by Crippen LogP contribution is -2.36. The topological polar surface area (TPSA) is 28.2 Å². The molecule has 152 valence electrons. The van der Waals surface area contributed by atoms with E-state index in [9.17, 15) is 0 Å². The van der Waals surface area contributed by atoms with Crippen LogP contribution in [0.4, 0.5) is 5.69 Å². The summed E-state index contributed by atoms with van der Waals surface area (Å²) in [6, 6.07) is 22.9. The Morgan fingerprint density at radius 2 is 1.77 bits per heavy atom. The van der Waals surface area contributed by atoms with Crippen molar-refractivity contribution in [3.63, 3.8) is 0 Å². The first-order valence-corrected chi connectivity index (χ1v) is 11.2. The number of fused-ring (bicyclic) bond motifs is 1. The lowest BCUT2D eigenvalue weighted by atomic mass is 9.93. The highest BCUT2D eigenvalue weighted by molar-refractivity contribution is 5.92. The van der Waals surface area contributed by atoms with Crippen LogP contribution in [0.3, 0.4) is 0 Å². The molecular formula is C27H29N3. The second kappa shape index (κ2) is 8.45. The van der Waals surface area contributed by atoms with Gasteiger partial charge in [-0.2, -0.15) is 0 Å². The Morgan fingerprint density at radius 3 is 2.50 bits per heavy atom. The third-order valence-corrected chi connectivity index (χ3v) is 6.52. The van der Waals surface area contributed by atoms with Crippen molar-refractivity contribution in [1.29, 1.82) is 0 Å². The lowest BCUT2D eigenvalue weighted by molar-refractivity contribution is 0.185. The van der Waals surface area contributed by atoms with Gasteiger partial charge in [0.2, 0.25) is 0 Å². The second-order valence-electron chi connectivity index (χ2n) is 8.39. The average molecular weight is 396 g/mol. The standard InChI is InChI=1S/C27H29N3/c1-2-27-24-13-12-22(19-26(24)29-30(27)23-10-6-7-11-23)25(21-8-4-3-5-9-21)18-20-14-16-28-17-15-20/h3-5,8-9,12-19,23,27,29H,2,6-7,10-11H2,1H3. The molecule has 1 aromatic heterocycles. The Kier molecular flexibility index (Phi) is 5.37. The van der Waals surface area contributed by atoms with Crippen molar-refractivity contribution in [2.45, 2.75) is 51.1 Å². The average Bonchev–Trinajstić information content (AvgIpc) is 3.46. The van der Waals surface area contributed by atoms with Gasteiger partial charge in [0, 0.05) is 18.4 Å². The van der Waals surface area contributed by atoms with Crippen LogP contribution in [-0.4, -0.2) is 16.0 Å². The lowest BCUT2D eigenvalue weighted by Gasteiger charge is -2.29. The van der Waals surface area contributed by atoms with E-state index in [1.807, 2.05) is 12.4 Å². The Labute approximate surface area is 179 Å². The van der Waals surface area contributed by atoms with E-state index in [4.69, 9.17) is 0 Å². The summed E-state index contributed by atoms with van der Waals surface area (Å²) < 4.78 is 0. The van der Waals surface area contributed by atoms with Gasteiger partial charge in [0.1, 0.15) is 0 Å². The molecule has 0 radical (unpaired) electrons. The summed E-state index contributed by atoms with van der Waals surface area (Å²) >= 11 is 0. The monoisotopic (exact) mass is 395 g/mol. The molecule has 1 N–H and O–H groups in total. The van der Waals surface area contributed by atoms with Gasteiger partial charge in [0.15, 0.2) is 0 Å². The number of nitrogens with zero attached hydrogens (tertiary/aromatic N) is 2. The van der Waals surface area contributed by atoms with Crippen LogP contribution in [-0.2, 0) is 0 Å². The Morgan fingerprint density at radius 1 is 1.00 bits per heavy atom. The summed E-state index contributed by atoms with van der Waals surface area (Å²) in [6.45, 7) is 2.30. The predicted octanol–water partition coefficient (Wildman–Crippen LogP) is 6.71. The number of benzene rings is 2. The molecule has 0 amide bonds. The molecule has 1 atom stereocenters. The zero-order chi connectivity index (χ0) is 20.3. The highest BCUT2D eigenvalue weighted by Crippen LogP contribution is 2.43. The fourth-order valence-electron chi connectivity index (χ4n) is 5.00. The summed E-state index contributed by atoms with van der Waals surface area (Å²) in [5.74, 6) is 0. The molecule has 1 aliphatic heterocycles. The Balaban J connectivity index is 1.54. The number of hydrogen-bond donors (Lipinski definition) is 1. The minimum atomic E-state index is 0.474. The first-order valence-electron chi connectivity index (χ1n) is 11.2. The zero-order valence-corrected chi connectivity index (χ0v) is 17.6. The van der Waals surface area contributed by atoms with Gasteiger partial charge >= 0.3 is 0 Å². The van der Waals surface area contributed by atoms with Crippen LogP contribution in [0.25, 0.3) is 11.6 Å². The van der Waals surface area contributed by atoms with Crippen LogP contribution in [0.15, 0.2) is 73.1 Å². The van der Waals surface area contributed by atoms with Crippen LogP contribution in [0.5, 0.6) is 0 Å². The van der Waals surface area contributed by atoms with Crippen molar-refractivity contribution >= 4 is 17.3 Å². The quantitative estimate of drug-likeness (QED) is 0.520. The van der Waals surface area contributed by atoms with Gasteiger partial charge in [-0.15, -0.1) is 0 Å². The van der Waals surface area contributed by atoms with E-state index in [1.54, 1.807) is 0 Å². The summed E-state index contributed by atoms with van der Waals surface area (Å²) in [5, 5.41) is 2.54. The molecule has 3 nitrogen and oxygen atoms in total. The minimum absolute atomic E-state index is 0.474. The van der Waals surface area contributed by atoms with Crippen LogP contribution in [0.2, 0.25) is 0 Å². The third-order valence-electron chi connectivity index (χ3n) is 6.52. The summed E-state index contributed by atoms with van der Waals surface area (Å²) in [7, 11) is 0. The van der Waals surface area contributed by atoms with Crippen molar-refractivity contribution in [2.24, 2.45) is 0 Å². The van der Waals surface area contributed by atoms with Crippen molar-refractivity contribution in [1.82, 2.24) is 9.99 Å². The Hall–Kier alpha value is -2.91. The van der Waals surface area contributed by atoms with Crippen molar-refractivity contribution in [3.8, 4) is 0 Å². The molecule has 5 rings (SSSR count). The molecule has 2 aromatic carbocycles. The molecule has 1 saturated carbocycles. The van der Waals surface area contributed by atoms with Crippen LogP contribution >= 0.6 is 0 Å². The van der Waals surface area contributed by atoms with Gasteiger partial charge in [-0.25, -0.2) is 5.01 Å². The highest BCUT2D eigenvalue weighted by Gasteiger charge is 2.35. The van der Waals surface area contributed by atoms with E-state index in [1.165, 1.54) is 53.6 Å². The summed E-state index contributed by atoms with van der Waals surface area (Å²) in [6.07, 6.45) is 12.4. The number of nitrogens with one attached hydrogen (secondary N) is 1. The fraction of sp³-hybridized carbons (Fsp3) is 0.296. The number of anilines is 1. The van der Waals surface area contributed by atoms with Gasteiger partial charge in [-0.05, 0) is 71.4 Å². The van der Waals surface area contributed by atoms with Crippen LogP contribution in [0.1, 0.15) is 67.3 Å². The second-order valence-corrected chi connectivity index (χ2v) is 8.39. The van der Waals surface area contributed by atoms with Crippen molar-refractivity contribution < 1.29 is 0 Å².